The number of amidine groups is 1. The number of hydrogen-bond acceptors (Lipinski definition) is 8. The summed E-state index contributed by atoms with van der Waals surface area (Å²) in [6.07, 6.45) is 1.80. The van der Waals surface area contributed by atoms with E-state index in [1.54, 1.807) is 6.92 Å². The predicted octanol–water partition coefficient (Wildman–Crippen LogP) is 3.58. The summed E-state index contributed by atoms with van der Waals surface area (Å²) < 4.78 is 0. The molecule has 0 unspecified atom stereocenters. The molecule has 1 aliphatic heterocycles. The van der Waals surface area contributed by atoms with Gasteiger partial charge in [-0.05, 0) is 55.9 Å². The van der Waals surface area contributed by atoms with Crippen LogP contribution in [-0.2, 0) is 4.79 Å². The van der Waals surface area contributed by atoms with Crippen molar-refractivity contribution in [2.45, 2.75) is 56.1 Å². The quantitative estimate of drug-likeness (QED) is 0.238. The summed E-state index contributed by atoms with van der Waals surface area (Å²) in [5, 5.41) is 14.6. The van der Waals surface area contributed by atoms with Crippen LogP contribution in [0.3, 0.4) is 0 Å². The molecular formula is C23H32N8OS. The van der Waals surface area contributed by atoms with Crippen molar-refractivity contribution in [1.29, 1.82) is 5.41 Å². The molecule has 2 aromatic rings. The van der Waals surface area contributed by atoms with Gasteiger partial charge in [0.25, 0.3) is 0 Å². The molecule has 1 fully saturated rings. The first-order valence-corrected chi connectivity index (χ1v) is 12.0. The van der Waals surface area contributed by atoms with Crippen LogP contribution >= 0.6 is 11.8 Å². The molecule has 0 aliphatic carbocycles. The van der Waals surface area contributed by atoms with E-state index in [0.717, 1.165) is 42.5 Å². The maximum Gasteiger partial charge on any atom is 0.224 e. The number of carbonyl (C=O) groups excluding carboxylic acids is 1. The van der Waals surface area contributed by atoms with Crippen molar-refractivity contribution in [3.63, 3.8) is 0 Å². The van der Waals surface area contributed by atoms with E-state index in [0.29, 0.717) is 41.4 Å². The summed E-state index contributed by atoms with van der Waals surface area (Å²) in [6, 6.07) is 9.88. The van der Waals surface area contributed by atoms with Crippen LogP contribution in [0.5, 0.6) is 0 Å². The van der Waals surface area contributed by atoms with Crippen molar-refractivity contribution in [3.8, 4) is 0 Å². The Morgan fingerprint density at radius 3 is 2.73 bits per heavy atom. The molecule has 0 spiro atoms. The largest absolute Gasteiger partial charge is 0.387 e. The molecule has 2 heterocycles. The fraction of sp³-hybridized carbons (Fsp3) is 0.435. The minimum Gasteiger partial charge on any atom is -0.387 e. The van der Waals surface area contributed by atoms with Gasteiger partial charge in [0.1, 0.15) is 11.7 Å². The third kappa shape index (κ3) is 7.54. The second-order valence-corrected chi connectivity index (χ2v) is 8.99. The molecule has 1 amide bonds. The van der Waals surface area contributed by atoms with Crippen LogP contribution in [0.25, 0.3) is 0 Å². The van der Waals surface area contributed by atoms with Crippen molar-refractivity contribution in [3.05, 3.63) is 30.3 Å². The number of nitrogens with one attached hydrogen (secondary N) is 3. The average Bonchev–Trinajstić information content (AvgIpc) is 3.23. The Morgan fingerprint density at radius 1 is 1.30 bits per heavy atom. The Hall–Kier alpha value is -2.98. The van der Waals surface area contributed by atoms with Gasteiger partial charge in [-0.25, -0.2) is 15.0 Å². The molecule has 33 heavy (non-hydrogen) atoms. The van der Waals surface area contributed by atoms with Gasteiger partial charge in [-0.15, -0.1) is 0 Å². The number of nitrogens with two attached hydrogens (primary N) is 1. The van der Waals surface area contributed by atoms with Gasteiger partial charge in [0.05, 0.1) is 0 Å². The lowest BCUT2D eigenvalue weighted by molar-refractivity contribution is -0.115. The van der Waals surface area contributed by atoms with Gasteiger partial charge in [0, 0.05) is 54.3 Å². The fourth-order valence-electron chi connectivity index (χ4n) is 3.51. The molecule has 5 N–H and O–H groups in total. The molecule has 1 aromatic carbocycles. The molecular weight excluding hydrogens is 436 g/mol. The number of hydrogen-bond donors (Lipinski definition) is 4. The number of aromatic nitrogens is 2. The van der Waals surface area contributed by atoms with Gasteiger partial charge >= 0.3 is 0 Å². The van der Waals surface area contributed by atoms with E-state index in [4.69, 9.17) is 16.1 Å². The highest BCUT2D eigenvalue weighted by Crippen LogP contribution is 2.31. The minimum atomic E-state index is -0.0202. The van der Waals surface area contributed by atoms with Crippen LogP contribution in [0.1, 0.15) is 40.0 Å². The molecule has 0 bridgehead atoms. The fourth-order valence-corrected chi connectivity index (χ4v) is 4.27. The van der Waals surface area contributed by atoms with Gasteiger partial charge in [-0.1, -0.05) is 13.8 Å². The zero-order valence-electron chi connectivity index (χ0n) is 19.4. The van der Waals surface area contributed by atoms with Crippen LogP contribution in [0.15, 0.2) is 45.4 Å². The highest BCUT2D eigenvalue weighted by atomic mass is 32.2. The number of likely N-dealkylation sites (N-methyl/N-ethyl adjacent to an activating group) is 1. The number of carbonyl (C=O) groups is 1. The molecule has 3 rings (SSSR count). The van der Waals surface area contributed by atoms with Gasteiger partial charge in [0.15, 0.2) is 11.0 Å². The first-order valence-electron chi connectivity index (χ1n) is 11.2. The Labute approximate surface area is 199 Å². The first kappa shape index (κ1) is 24.7. The third-order valence-electron chi connectivity index (χ3n) is 5.06. The number of nitrogens with zero attached hydrogens (tertiary/aromatic N) is 4. The number of benzene rings is 1. The molecule has 0 saturated carbocycles. The maximum absolute atomic E-state index is 11.6. The summed E-state index contributed by atoms with van der Waals surface area (Å²) in [5.41, 5.74) is 7.23. The van der Waals surface area contributed by atoms with Gasteiger partial charge < -0.3 is 26.7 Å². The Bertz CT molecular complexity index is 1010. The standard InChI is InChI=1S/C23H32N8OS/c1-4-22(32)27-16-6-8-18(9-7-16)33-23-29-20(28-19(25)12-15(3)24)13-21(30-23)31-11-10-17(14-31)26-5-2/h6-9,13,17,24,26H,4-5,10-12,14H2,1-3H3,(H,27,32)(H2,25,28,29,30)/t17-/m0/s1. The van der Waals surface area contributed by atoms with Crippen LogP contribution in [-0.4, -0.2) is 53.1 Å². The number of anilines is 2. The predicted molar refractivity (Wildman–Crippen MR) is 135 cm³/mol. The highest BCUT2D eigenvalue weighted by Gasteiger charge is 2.23. The monoisotopic (exact) mass is 468 g/mol. The zero-order valence-corrected chi connectivity index (χ0v) is 20.2. The summed E-state index contributed by atoms with van der Waals surface area (Å²) >= 11 is 1.43. The van der Waals surface area contributed by atoms with Crippen molar-refractivity contribution in [1.82, 2.24) is 15.3 Å². The third-order valence-corrected chi connectivity index (χ3v) is 5.93. The van der Waals surface area contributed by atoms with E-state index < -0.39 is 0 Å². The molecule has 176 valence electrons. The summed E-state index contributed by atoms with van der Waals surface area (Å²) in [7, 11) is 0. The first-order chi connectivity index (χ1) is 15.9. The van der Waals surface area contributed by atoms with Crippen LogP contribution < -0.4 is 21.3 Å². The van der Waals surface area contributed by atoms with E-state index in [1.807, 2.05) is 37.3 Å². The zero-order chi connectivity index (χ0) is 23.8. The Morgan fingerprint density at radius 2 is 2.06 bits per heavy atom. The topological polar surface area (TPSA) is 132 Å². The van der Waals surface area contributed by atoms with E-state index in [9.17, 15) is 4.79 Å². The molecule has 9 nitrogen and oxygen atoms in total. The van der Waals surface area contributed by atoms with Gasteiger partial charge in [-0.3, -0.25) is 4.79 Å². The molecule has 1 aliphatic rings. The van der Waals surface area contributed by atoms with Crippen LogP contribution in [0.4, 0.5) is 17.3 Å². The molecule has 10 heteroatoms. The van der Waals surface area contributed by atoms with E-state index in [2.05, 4.69) is 32.4 Å². The Kier molecular flexibility index (Phi) is 8.79. The van der Waals surface area contributed by atoms with Crippen LogP contribution in [0.2, 0.25) is 0 Å². The number of aliphatic imine (C=N–C) groups is 1. The highest BCUT2D eigenvalue weighted by molar-refractivity contribution is 7.99. The summed E-state index contributed by atoms with van der Waals surface area (Å²) in [5.74, 6) is 1.64. The lowest BCUT2D eigenvalue weighted by Crippen LogP contribution is -2.32. The second kappa shape index (κ2) is 11.8. The molecule has 0 radical (unpaired) electrons. The van der Waals surface area contributed by atoms with Crippen molar-refractivity contribution < 1.29 is 4.79 Å². The average molecular weight is 469 g/mol. The number of amides is 1. The van der Waals surface area contributed by atoms with Gasteiger partial charge in [0.2, 0.25) is 5.91 Å². The molecule has 1 saturated heterocycles. The minimum absolute atomic E-state index is 0.0202. The summed E-state index contributed by atoms with van der Waals surface area (Å²) in [4.78, 5) is 28.6. The maximum atomic E-state index is 11.6. The second-order valence-electron chi connectivity index (χ2n) is 7.94. The van der Waals surface area contributed by atoms with Crippen molar-refractivity contribution in [2.24, 2.45) is 10.7 Å². The van der Waals surface area contributed by atoms with Gasteiger partial charge in [-0.2, -0.15) is 0 Å². The van der Waals surface area contributed by atoms with Crippen molar-refractivity contribution in [2.75, 3.05) is 29.9 Å². The summed E-state index contributed by atoms with van der Waals surface area (Å²) in [6.45, 7) is 8.35. The normalized spacial score (nSPS) is 16.2. The van der Waals surface area contributed by atoms with Crippen LogP contribution in [0, 0.1) is 5.41 Å². The lowest BCUT2D eigenvalue weighted by Gasteiger charge is -2.18. The molecule has 1 aromatic heterocycles. The van der Waals surface area contributed by atoms with E-state index in [1.165, 1.54) is 11.8 Å². The SMILES string of the molecule is CCN[C@H]1CCN(c2cc(N=C(N)CC(C)=N)nc(Sc3ccc(NC(=O)CC)cc3)n2)C1. The smallest absolute Gasteiger partial charge is 0.224 e. The number of rotatable bonds is 10. The lowest BCUT2D eigenvalue weighted by atomic mass is 10.3. The van der Waals surface area contributed by atoms with E-state index in [-0.39, 0.29) is 5.91 Å². The molecule has 1 atom stereocenters. The Balaban J connectivity index is 1.84. The van der Waals surface area contributed by atoms with E-state index >= 15 is 0 Å². The van der Waals surface area contributed by atoms with Crippen molar-refractivity contribution >= 4 is 46.5 Å².